The number of rotatable bonds is 3. The summed E-state index contributed by atoms with van der Waals surface area (Å²) < 4.78 is 5.04. The Hall–Kier alpha value is -2.63. The molecule has 2 aromatic rings. The minimum Gasteiger partial charge on any atom is -0.469 e. The van der Waals surface area contributed by atoms with Gasteiger partial charge in [-0.05, 0) is 26.0 Å². The molecule has 0 aliphatic heterocycles. The highest BCUT2D eigenvalue weighted by atomic mass is 16.6. The number of carbonyl (C=O) groups excluding carboxylic acids is 1. The summed E-state index contributed by atoms with van der Waals surface area (Å²) in [6, 6.07) is 6.10. The molecule has 0 bridgehead atoms. The quantitative estimate of drug-likeness (QED) is 0.678. The van der Waals surface area contributed by atoms with Crippen LogP contribution in [0.5, 0.6) is 0 Å². The minimum atomic E-state index is -0.478. The van der Waals surface area contributed by atoms with Crippen molar-refractivity contribution in [1.82, 2.24) is 0 Å². The molecule has 1 N–H and O–H groups in total. The Morgan fingerprint density at radius 1 is 1.32 bits per heavy atom. The topological polar surface area (TPSA) is 85.4 Å². The number of hydrogen-bond acceptors (Lipinski definition) is 4. The van der Waals surface area contributed by atoms with Gasteiger partial charge in [-0.3, -0.25) is 14.9 Å². The number of aryl methyl sites for hydroxylation is 2. The van der Waals surface area contributed by atoms with Crippen LogP contribution in [0, 0.1) is 24.0 Å². The molecule has 0 radical (unpaired) electrons. The predicted octanol–water partition coefficient (Wildman–Crippen LogP) is 3.06. The summed E-state index contributed by atoms with van der Waals surface area (Å²) in [5.41, 5.74) is 1.30. The van der Waals surface area contributed by atoms with E-state index in [2.05, 4.69) is 5.32 Å². The zero-order valence-corrected chi connectivity index (χ0v) is 10.5. The number of nitrogens with zero attached hydrogens (tertiary/aromatic N) is 1. The Labute approximate surface area is 109 Å². The first-order valence-electron chi connectivity index (χ1n) is 5.59. The van der Waals surface area contributed by atoms with Gasteiger partial charge in [-0.2, -0.15) is 0 Å². The molecule has 0 aliphatic rings. The van der Waals surface area contributed by atoms with Gasteiger partial charge in [-0.15, -0.1) is 0 Å². The standard InChI is InChI=1S/C13H12N2O4/c1-8-3-4-10(7-12(8)15(17)18)14-13(16)11-5-6-19-9(11)2/h3-7H,1-2H3,(H,14,16). The number of carbonyl (C=O) groups is 1. The van der Waals surface area contributed by atoms with E-state index in [1.807, 2.05) is 0 Å². The normalized spacial score (nSPS) is 10.2. The van der Waals surface area contributed by atoms with Crippen LogP contribution in [-0.2, 0) is 0 Å². The molecule has 1 aromatic heterocycles. The molecule has 1 heterocycles. The van der Waals surface area contributed by atoms with Gasteiger partial charge in [0, 0.05) is 17.3 Å². The van der Waals surface area contributed by atoms with Crippen LogP contribution in [-0.4, -0.2) is 10.8 Å². The number of hydrogen-bond donors (Lipinski definition) is 1. The van der Waals surface area contributed by atoms with E-state index in [1.165, 1.54) is 12.3 Å². The van der Waals surface area contributed by atoms with E-state index in [4.69, 9.17) is 4.42 Å². The summed E-state index contributed by atoms with van der Waals surface area (Å²) >= 11 is 0. The van der Waals surface area contributed by atoms with Crippen LogP contribution in [0.1, 0.15) is 21.7 Å². The lowest BCUT2D eigenvalue weighted by molar-refractivity contribution is -0.385. The maximum atomic E-state index is 11.9. The summed E-state index contributed by atoms with van der Waals surface area (Å²) in [6.07, 6.45) is 1.42. The Balaban J connectivity index is 2.25. The van der Waals surface area contributed by atoms with E-state index in [1.54, 1.807) is 32.0 Å². The van der Waals surface area contributed by atoms with Crippen molar-refractivity contribution in [3.8, 4) is 0 Å². The van der Waals surface area contributed by atoms with Crippen molar-refractivity contribution < 1.29 is 14.1 Å². The third-order valence-electron chi connectivity index (χ3n) is 2.77. The molecule has 6 heteroatoms. The van der Waals surface area contributed by atoms with E-state index >= 15 is 0 Å². The predicted molar refractivity (Wildman–Crippen MR) is 69.2 cm³/mol. The average Bonchev–Trinajstić information content (AvgIpc) is 2.77. The van der Waals surface area contributed by atoms with Crippen molar-refractivity contribution in [2.75, 3.05) is 5.32 Å². The van der Waals surface area contributed by atoms with Crippen LogP contribution in [0.25, 0.3) is 0 Å². The van der Waals surface area contributed by atoms with Crippen molar-refractivity contribution in [2.24, 2.45) is 0 Å². The highest BCUT2D eigenvalue weighted by Crippen LogP contribution is 2.23. The third kappa shape index (κ3) is 2.62. The zero-order valence-electron chi connectivity index (χ0n) is 10.5. The number of benzene rings is 1. The molecule has 0 unspecified atom stereocenters. The summed E-state index contributed by atoms with van der Waals surface area (Å²) in [5.74, 6) is 0.142. The van der Waals surface area contributed by atoms with Gasteiger partial charge in [-0.25, -0.2) is 0 Å². The Kier molecular flexibility index (Phi) is 3.33. The van der Waals surface area contributed by atoms with Crippen molar-refractivity contribution in [3.05, 3.63) is 57.5 Å². The molecule has 1 amide bonds. The van der Waals surface area contributed by atoms with Crippen molar-refractivity contribution >= 4 is 17.3 Å². The number of nitro benzene ring substituents is 1. The molecule has 98 valence electrons. The zero-order chi connectivity index (χ0) is 14.0. The first kappa shape index (κ1) is 12.8. The largest absolute Gasteiger partial charge is 0.469 e. The molecule has 0 fully saturated rings. The Morgan fingerprint density at radius 2 is 2.05 bits per heavy atom. The highest BCUT2D eigenvalue weighted by molar-refractivity contribution is 6.05. The molecule has 1 aromatic carbocycles. The molecular formula is C13H12N2O4. The van der Waals surface area contributed by atoms with Crippen molar-refractivity contribution in [2.45, 2.75) is 13.8 Å². The fraction of sp³-hybridized carbons (Fsp3) is 0.154. The van der Waals surface area contributed by atoms with Crippen LogP contribution in [0.4, 0.5) is 11.4 Å². The molecule has 0 saturated heterocycles. The number of anilines is 1. The van der Waals surface area contributed by atoms with Gasteiger partial charge in [0.2, 0.25) is 0 Å². The SMILES string of the molecule is Cc1ccc(NC(=O)c2ccoc2C)cc1[N+](=O)[O-]. The summed E-state index contributed by atoms with van der Waals surface area (Å²) in [7, 11) is 0. The molecule has 0 spiro atoms. The Bertz CT molecular complexity index is 646. The Morgan fingerprint density at radius 3 is 2.63 bits per heavy atom. The van der Waals surface area contributed by atoms with Gasteiger partial charge in [0.15, 0.2) is 0 Å². The van der Waals surface area contributed by atoms with E-state index in [9.17, 15) is 14.9 Å². The van der Waals surface area contributed by atoms with Crippen LogP contribution in [0.3, 0.4) is 0 Å². The summed E-state index contributed by atoms with van der Waals surface area (Å²) in [4.78, 5) is 22.3. The number of amides is 1. The highest BCUT2D eigenvalue weighted by Gasteiger charge is 2.15. The van der Waals surface area contributed by atoms with Gasteiger partial charge >= 0.3 is 0 Å². The fourth-order valence-electron chi connectivity index (χ4n) is 1.70. The summed E-state index contributed by atoms with van der Waals surface area (Å²) in [5, 5.41) is 13.4. The van der Waals surface area contributed by atoms with Crippen molar-refractivity contribution in [3.63, 3.8) is 0 Å². The molecule has 2 rings (SSSR count). The number of nitro groups is 1. The average molecular weight is 260 g/mol. The maximum absolute atomic E-state index is 11.9. The first-order chi connectivity index (χ1) is 8.99. The molecule has 0 aliphatic carbocycles. The van der Waals surface area contributed by atoms with Gasteiger partial charge in [0.1, 0.15) is 5.76 Å². The second kappa shape index (κ2) is 4.93. The lowest BCUT2D eigenvalue weighted by Crippen LogP contribution is -2.12. The lowest BCUT2D eigenvalue weighted by Gasteiger charge is -2.05. The van der Waals surface area contributed by atoms with Crippen LogP contribution in [0.15, 0.2) is 34.9 Å². The maximum Gasteiger partial charge on any atom is 0.274 e. The van der Waals surface area contributed by atoms with Gasteiger partial charge < -0.3 is 9.73 Å². The van der Waals surface area contributed by atoms with E-state index in [0.29, 0.717) is 22.6 Å². The summed E-state index contributed by atoms with van der Waals surface area (Å²) in [6.45, 7) is 3.32. The molecule has 0 atom stereocenters. The van der Waals surface area contributed by atoms with Crippen LogP contribution < -0.4 is 5.32 Å². The number of nitrogens with one attached hydrogen (secondary N) is 1. The van der Waals surface area contributed by atoms with Gasteiger partial charge in [-0.1, -0.05) is 6.07 Å². The first-order valence-corrected chi connectivity index (χ1v) is 5.59. The molecule has 6 nitrogen and oxygen atoms in total. The number of furan rings is 1. The minimum absolute atomic E-state index is 0.0262. The molecular weight excluding hydrogens is 248 g/mol. The van der Waals surface area contributed by atoms with Crippen molar-refractivity contribution in [1.29, 1.82) is 0 Å². The molecule has 0 saturated carbocycles. The van der Waals surface area contributed by atoms with Gasteiger partial charge in [0.05, 0.1) is 16.7 Å². The van der Waals surface area contributed by atoms with E-state index in [0.717, 1.165) is 0 Å². The fourth-order valence-corrected chi connectivity index (χ4v) is 1.70. The third-order valence-corrected chi connectivity index (χ3v) is 2.77. The lowest BCUT2D eigenvalue weighted by atomic mass is 10.1. The second-order valence-electron chi connectivity index (χ2n) is 4.10. The van der Waals surface area contributed by atoms with E-state index < -0.39 is 4.92 Å². The van der Waals surface area contributed by atoms with Crippen LogP contribution in [0.2, 0.25) is 0 Å². The monoisotopic (exact) mass is 260 g/mol. The molecule has 19 heavy (non-hydrogen) atoms. The van der Waals surface area contributed by atoms with Crippen LogP contribution >= 0.6 is 0 Å². The smallest absolute Gasteiger partial charge is 0.274 e. The van der Waals surface area contributed by atoms with E-state index in [-0.39, 0.29) is 11.6 Å². The second-order valence-corrected chi connectivity index (χ2v) is 4.10. The van der Waals surface area contributed by atoms with Gasteiger partial charge in [0.25, 0.3) is 11.6 Å².